The van der Waals surface area contributed by atoms with Gasteiger partial charge in [-0.05, 0) is 37.0 Å². The lowest BCUT2D eigenvalue weighted by molar-refractivity contribution is -0.132. The molecule has 0 aromatic heterocycles. The Morgan fingerprint density at radius 1 is 1.50 bits per heavy atom. The van der Waals surface area contributed by atoms with E-state index < -0.39 is 0 Å². The van der Waals surface area contributed by atoms with E-state index >= 15 is 0 Å². The SMILES string of the molecule is Cc1c(Br)cccc1CCNC(=O)[C@H]1CCNC(=O)C1. The van der Waals surface area contributed by atoms with Crippen LogP contribution in [-0.4, -0.2) is 24.9 Å². The van der Waals surface area contributed by atoms with Crippen molar-refractivity contribution in [1.82, 2.24) is 10.6 Å². The molecule has 20 heavy (non-hydrogen) atoms. The van der Waals surface area contributed by atoms with Gasteiger partial charge < -0.3 is 10.6 Å². The summed E-state index contributed by atoms with van der Waals surface area (Å²) < 4.78 is 1.09. The van der Waals surface area contributed by atoms with Gasteiger partial charge in [-0.2, -0.15) is 0 Å². The molecule has 1 aromatic rings. The first kappa shape index (κ1) is 15.0. The highest BCUT2D eigenvalue weighted by atomic mass is 79.9. The van der Waals surface area contributed by atoms with E-state index in [0.717, 1.165) is 17.3 Å². The third-order valence-corrected chi connectivity index (χ3v) is 4.55. The molecular formula is C15H19BrN2O2. The molecule has 5 heteroatoms. The quantitative estimate of drug-likeness (QED) is 0.881. The topological polar surface area (TPSA) is 58.2 Å². The lowest BCUT2D eigenvalue weighted by Gasteiger charge is -2.21. The van der Waals surface area contributed by atoms with Gasteiger partial charge in [-0.25, -0.2) is 0 Å². The Balaban J connectivity index is 1.82. The van der Waals surface area contributed by atoms with Crippen molar-refractivity contribution in [3.63, 3.8) is 0 Å². The first-order valence-electron chi connectivity index (χ1n) is 6.86. The second kappa shape index (κ2) is 6.88. The van der Waals surface area contributed by atoms with Crippen molar-refractivity contribution in [3.05, 3.63) is 33.8 Å². The number of hydrogen-bond donors (Lipinski definition) is 2. The Morgan fingerprint density at radius 2 is 2.30 bits per heavy atom. The van der Waals surface area contributed by atoms with Gasteiger partial charge in [0.25, 0.3) is 0 Å². The van der Waals surface area contributed by atoms with E-state index in [1.807, 2.05) is 12.1 Å². The molecule has 0 spiro atoms. The third kappa shape index (κ3) is 3.82. The Labute approximate surface area is 127 Å². The Bertz CT molecular complexity index is 517. The largest absolute Gasteiger partial charge is 0.356 e. The number of benzene rings is 1. The van der Waals surface area contributed by atoms with Crippen molar-refractivity contribution >= 4 is 27.7 Å². The van der Waals surface area contributed by atoms with Crippen molar-refractivity contribution in [2.45, 2.75) is 26.2 Å². The third-order valence-electron chi connectivity index (χ3n) is 3.69. The van der Waals surface area contributed by atoms with Gasteiger partial charge in [0.05, 0.1) is 0 Å². The molecule has 4 nitrogen and oxygen atoms in total. The molecule has 1 fully saturated rings. The molecule has 2 rings (SSSR count). The van der Waals surface area contributed by atoms with Gasteiger partial charge in [-0.3, -0.25) is 9.59 Å². The normalized spacial score (nSPS) is 18.5. The van der Waals surface area contributed by atoms with Crippen molar-refractivity contribution in [2.75, 3.05) is 13.1 Å². The summed E-state index contributed by atoms with van der Waals surface area (Å²) in [7, 11) is 0. The predicted molar refractivity (Wildman–Crippen MR) is 81.3 cm³/mol. The lowest BCUT2D eigenvalue weighted by atomic mass is 9.96. The van der Waals surface area contributed by atoms with E-state index in [1.165, 1.54) is 11.1 Å². The number of halogens is 1. The minimum absolute atomic E-state index is 0.00694. The zero-order chi connectivity index (χ0) is 14.5. The number of carbonyl (C=O) groups is 2. The maximum Gasteiger partial charge on any atom is 0.223 e. The van der Waals surface area contributed by atoms with E-state index in [4.69, 9.17) is 0 Å². The van der Waals surface area contributed by atoms with Crippen LogP contribution in [-0.2, 0) is 16.0 Å². The molecule has 0 radical (unpaired) electrons. The number of piperidine rings is 1. The standard InChI is InChI=1S/C15H19BrN2O2/c1-10-11(3-2-4-13(10)16)5-8-18-15(20)12-6-7-17-14(19)9-12/h2-4,12H,5-9H2,1H3,(H,17,19)(H,18,20)/t12-/m0/s1. The van der Waals surface area contributed by atoms with E-state index in [-0.39, 0.29) is 17.7 Å². The summed E-state index contributed by atoms with van der Waals surface area (Å²) in [5.41, 5.74) is 2.43. The lowest BCUT2D eigenvalue weighted by Crippen LogP contribution is -2.41. The monoisotopic (exact) mass is 338 g/mol. The van der Waals surface area contributed by atoms with Gasteiger partial charge in [-0.15, -0.1) is 0 Å². The van der Waals surface area contributed by atoms with Crippen LogP contribution >= 0.6 is 15.9 Å². The summed E-state index contributed by atoms with van der Waals surface area (Å²) in [6.45, 7) is 3.27. The molecule has 0 aliphatic carbocycles. The zero-order valence-corrected chi connectivity index (χ0v) is 13.1. The molecule has 2 amide bonds. The Kier molecular flexibility index (Phi) is 5.17. The average Bonchev–Trinajstić information content (AvgIpc) is 2.43. The van der Waals surface area contributed by atoms with Crippen LogP contribution in [0.3, 0.4) is 0 Å². The van der Waals surface area contributed by atoms with Crippen LogP contribution in [0.2, 0.25) is 0 Å². The van der Waals surface area contributed by atoms with Gasteiger partial charge in [-0.1, -0.05) is 28.1 Å². The number of rotatable bonds is 4. The van der Waals surface area contributed by atoms with Crippen LogP contribution in [0.1, 0.15) is 24.0 Å². The van der Waals surface area contributed by atoms with Crippen LogP contribution < -0.4 is 10.6 Å². The molecule has 0 unspecified atom stereocenters. The number of nitrogens with one attached hydrogen (secondary N) is 2. The van der Waals surface area contributed by atoms with Crippen LogP contribution in [0.4, 0.5) is 0 Å². The van der Waals surface area contributed by atoms with Gasteiger partial charge in [0.2, 0.25) is 11.8 Å². The predicted octanol–water partition coefficient (Wildman–Crippen LogP) is 1.94. The molecule has 1 heterocycles. The minimum Gasteiger partial charge on any atom is -0.356 e. The van der Waals surface area contributed by atoms with Crippen molar-refractivity contribution in [3.8, 4) is 0 Å². The summed E-state index contributed by atoms with van der Waals surface area (Å²) in [6, 6.07) is 6.08. The van der Waals surface area contributed by atoms with E-state index in [9.17, 15) is 9.59 Å². The Hall–Kier alpha value is -1.36. The van der Waals surface area contributed by atoms with Crippen LogP contribution in [0.15, 0.2) is 22.7 Å². The molecule has 1 atom stereocenters. The fraction of sp³-hybridized carbons (Fsp3) is 0.467. The van der Waals surface area contributed by atoms with Gasteiger partial charge in [0, 0.05) is 29.9 Å². The number of hydrogen-bond acceptors (Lipinski definition) is 2. The van der Waals surface area contributed by atoms with Gasteiger partial charge >= 0.3 is 0 Å². The first-order valence-corrected chi connectivity index (χ1v) is 7.65. The number of amides is 2. The zero-order valence-electron chi connectivity index (χ0n) is 11.5. The molecule has 1 saturated heterocycles. The highest BCUT2D eigenvalue weighted by Gasteiger charge is 2.24. The number of carbonyl (C=O) groups excluding carboxylic acids is 2. The summed E-state index contributed by atoms with van der Waals surface area (Å²) in [5, 5.41) is 5.67. The summed E-state index contributed by atoms with van der Waals surface area (Å²) in [6.07, 6.45) is 1.84. The van der Waals surface area contributed by atoms with Gasteiger partial charge in [0.15, 0.2) is 0 Å². The van der Waals surface area contributed by atoms with Crippen LogP contribution in [0.5, 0.6) is 0 Å². The molecular weight excluding hydrogens is 320 g/mol. The summed E-state index contributed by atoms with van der Waals surface area (Å²) in [5.74, 6) is -0.209. The highest BCUT2D eigenvalue weighted by molar-refractivity contribution is 9.10. The maximum absolute atomic E-state index is 12.0. The minimum atomic E-state index is -0.174. The van der Waals surface area contributed by atoms with E-state index in [1.54, 1.807) is 0 Å². The van der Waals surface area contributed by atoms with Crippen molar-refractivity contribution < 1.29 is 9.59 Å². The molecule has 1 aliphatic rings. The van der Waals surface area contributed by atoms with Crippen molar-refractivity contribution in [1.29, 1.82) is 0 Å². The Morgan fingerprint density at radius 3 is 3.05 bits per heavy atom. The first-order chi connectivity index (χ1) is 9.58. The second-order valence-electron chi connectivity index (χ2n) is 5.10. The molecule has 108 valence electrons. The van der Waals surface area contributed by atoms with E-state index in [2.05, 4.69) is 39.6 Å². The molecule has 0 bridgehead atoms. The summed E-state index contributed by atoms with van der Waals surface area (Å²) in [4.78, 5) is 23.2. The second-order valence-corrected chi connectivity index (χ2v) is 5.96. The molecule has 1 aromatic carbocycles. The summed E-state index contributed by atoms with van der Waals surface area (Å²) >= 11 is 3.50. The van der Waals surface area contributed by atoms with Crippen molar-refractivity contribution in [2.24, 2.45) is 5.92 Å². The van der Waals surface area contributed by atoms with Gasteiger partial charge in [0.1, 0.15) is 0 Å². The highest BCUT2D eigenvalue weighted by Crippen LogP contribution is 2.19. The molecule has 2 N–H and O–H groups in total. The smallest absolute Gasteiger partial charge is 0.223 e. The maximum atomic E-state index is 12.0. The average molecular weight is 339 g/mol. The van der Waals surface area contributed by atoms with E-state index in [0.29, 0.717) is 19.5 Å². The fourth-order valence-electron chi connectivity index (χ4n) is 2.40. The fourth-order valence-corrected chi connectivity index (χ4v) is 2.80. The molecule has 0 saturated carbocycles. The molecule has 1 aliphatic heterocycles. The van der Waals surface area contributed by atoms with Crippen LogP contribution in [0.25, 0.3) is 0 Å². The van der Waals surface area contributed by atoms with Crippen LogP contribution in [0, 0.1) is 12.8 Å².